The fraction of sp³-hybridized carbons (Fsp3) is 0.312. The van der Waals surface area contributed by atoms with E-state index in [2.05, 4.69) is 14.9 Å². The molecule has 0 radical (unpaired) electrons. The van der Waals surface area contributed by atoms with Crippen LogP contribution >= 0.6 is 0 Å². The number of rotatable bonds is 3. The number of anilines is 2. The van der Waals surface area contributed by atoms with Gasteiger partial charge >= 0.3 is 0 Å². The Morgan fingerprint density at radius 1 is 1.23 bits per heavy atom. The quantitative estimate of drug-likeness (QED) is 0.870. The molecule has 0 saturated carbocycles. The van der Waals surface area contributed by atoms with Gasteiger partial charge in [0, 0.05) is 30.3 Å². The van der Waals surface area contributed by atoms with Crippen LogP contribution in [0.25, 0.3) is 11.3 Å². The fourth-order valence-electron chi connectivity index (χ4n) is 2.40. The van der Waals surface area contributed by atoms with Crippen LogP contribution in [0, 0.1) is 0 Å². The monoisotopic (exact) mass is 298 g/mol. The number of ketones is 1. The summed E-state index contributed by atoms with van der Waals surface area (Å²) in [5, 5.41) is 0. The van der Waals surface area contributed by atoms with Crippen LogP contribution in [0.2, 0.25) is 0 Å². The maximum Gasteiger partial charge on any atom is 0.228 e. The highest BCUT2D eigenvalue weighted by Crippen LogP contribution is 2.23. The number of nitrogens with two attached hydrogens (primary N) is 1. The molecule has 6 heteroatoms. The smallest absolute Gasteiger partial charge is 0.228 e. The molecule has 0 atom stereocenters. The highest BCUT2D eigenvalue weighted by molar-refractivity contribution is 5.95. The van der Waals surface area contributed by atoms with Crippen molar-refractivity contribution in [3.63, 3.8) is 0 Å². The number of aromatic nitrogens is 2. The molecule has 2 N–H and O–H groups in total. The molecule has 1 aromatic carbocycles. The van der Waals surface area contributed by atoms with Crippen LogP contribution in [0.1, 0.15) is 17.3 Å². The summed E-state index contributed by atoms with van der Waals surface area (Å²) in [5.41, 5.74) is 8.16. The van der Waals surface area contributed by atoms with Crippen LogP contribution < -0.4 is 10.6 Å². The molecule has 1 saturated heterocycles. The highest BCUT2D eigenvalue weighted by atomic mass is 16.5. The maximum atomic E-state index is 11.5. The van der Waals surface area contributed by atoms with E-state index in [0.717, 1.165) is 24.3 Å². The van der Waals surface area contributed by atoms with E-state index in [4.69, 9.17) is 10.5 Å². The minimum Gasteiger partial charge on any atom is -0.384 e. The zero-order valence-electron chi connectivity index (χ0n) is 12.5. The third-order valence-corrected chi connectivity index (χ3v) is 3.59. The second kappa shape index (κ2) is 6.11. The van der Waals surface area contributed by atoms with Gasteiger partial charge in [-0.2, -0.15) is 4.98 Å². The van der Waals surface area contributed by atoms with E-state index in [0.29, 0.717) is 30.5 Å². The summed E-state index contributed by atoms with van der Waals surface area (Å²) in [7, 11) is 0. The first-order valence-electron chi connectivity index (χ1n) is 7.22. The van der Waals surface area contributed by atoms with Gasteiger partial charge in [-0.05, 0) is 13.0 Å². The summed E-state index contributed by atoms with van der Waals surface area (Å²) < 4.78 is 5.34. The number of Topliss-reactive ketones (excluding diaryl/α,β-unsaturated/α-hetero) is 1. The average molecular weight is 298 g/mol. The molecule has 2 heterocycles. The average Bonchev–Trinajstić information content (AvgIpc) is 2.55. The lowest BCUT2D eigenvalue weighted by atomic mass is 10.1. The minimum atomic E-state index is 0.0253. The lowest BCUT2D eigenvalue weighted by Gasteiger charge is -2.27. The van der Waals surface area contributed by atoms with Gasteiger partial charge in [0.2, 0.25) is 5.95 Å². The van der Waals surface area contributed by atoms with E-state index in [1.807, 2.05) is 18.2 Å². The standard InChI is InChI=1S/C16H18N4O2/c1-11(21)12-3-2-4-13(9-12)14-10-15(17)19-16(18-14)20-5-7-22-8-6-20/h2-4,9-10H,5-8H2,1H3,(H2,17,18,19). The van der Waals surface area contributed by atoms with Crippen molar-refractivity contribution in [2.24, 2.45) is 0 Å². The van der Waals surface area contributed by atoms with Gasteiger partial charge in [0.1, 0.15) is 5.82 Å². The molecule has 2 aromatic rings. The van der Waals surface area contributed by atoms with Crippen LogP contribution in [0.5, 0.6) is 0 Å². The Hall–Kier alpha value is -2.47. The van der Waals surface area contributed by atoms with E-state index in [1.165, 1.54) is 0 Å². The molecule has 0 aliphatic carbocycles. The number of hydrogen-bond acceptors (Lipinski definition) is 6. The lowest BCUT2D eigenvalue weighted by molar-refractivity contribution is 0.101. The van der Waals surface area contributed by atoms with E-state index in [1.54, 1.807) is 19.1 Å². The zero-order chi connectivity index (χ0) is 15.5. The van der Waals surface area contributed by atoms with Crippen LogP contribution in [-0.4, -0.2) is 42.1 Å². The van der Waals surface area contributed by atoms with E-state index >= 15 is 0 Å². The van der Waals surface area contributed by atoms with Crippen LogP contribution in [0.3, 0.4) is 0 Å². The van der Waals surface area contributed by atoms with Crippen molar-refractivity contribution in [3.8, 4) is 11.3 Å². The van der Waals surface area contributed by atoms with Gasteiger partial charge < -0.3 is 15.4 Å². The van der Waals surface area contributed by atoms with Gasteiger partial charge in [-0.1, -0.05) is 18.2 Å². The molecule has 1 aromatic heterocycles. The Balaban J connectivity index is 1.98. The molecule has 114 valence electrons. The Bertz CT molecular complexity index is 696. The van der Waals surface area contributed by atoms with Crippen molar-refractivity contribution in [3.05, 3.63) is 35.9 Å². The second-order valence-electron chi connectivity index (χ2n) is 5.21. The number of carbonyl (C=O) groups is 1. The Labute approximate surface area is 128 Å². The van der Waals surface area contributed by atoms with E-state index < -0.39 is 0 Å². The molecule has 0 unspecified atom stereocenters. The predicted octanol–water partition coefficient (Wildman–Crippen LogP) is 1.77. The molecule has 6 nitrogen and oxygen atoms in total. The van der Waals surface area contributed by atoms with Crippen molar-refractivity contribution >= 4 is 17.5 Å². The molecular weight excluding hydrogens is 280 g/mol. The Morgan fingerprint density at radius 2 is 2.00 bits per heavy atom. The molecule has 0 amide bonds. The van der Waals surface area contributed by atoms with Crippen LogP contribution in [0.4, 0.5) is 11.8 Å². The first-order chi connectivity index (χ1) is 10.6. The van der Waals surface area contributed by atoms with Crippen LogP contribution in [0.15, 0.2) is 30.3 Å². The van der Waals surface area contributed by atoms with Gasteiger partial charge in [0.15, 0.2) is 5.78 Å². The summed E-state index contributed by atoms with van der Waals surface area (Å²) in [5.74, 6) is 1.04. The third kappa shape index (κ3) is 3.07. The molecule has 1 fully saturated rings. The lowest BCUT2D eigenvalue weighted by Crippen LogP contribution is -2.37. The molecule has 1 aliphatic rings. The third-order valence-electron chi connectivity index (χ3n) is 3.59. The Kier molecular flexibility index (Phi) is 4.02. The summed E-state index contributed by atoms with van der Waals surface area (Å²) in [6.07, 6.45) is 0. The van der Waals surface area contributed by atoms with E-state index in [9.17, 15) is 4.79 Å². The predicted molar refractivity (Wildman–Crippen MR) is 84.9 cm³/mol. The number of nitrogens with zero attached hydrogens (tertiary/aromatic N) is 3. The SMILES string of the molecule is CC(=O)c1cccc(-c2cc(N)nc(N3CCOCC3)n2)c1. The topological polar surface area (TPSA) is 81.3 Å². The number of nitrogen functional groups attached to an aromatic ring is 1. The number of ether oxygens (including phenoxy) is 1. The van der Waals surface area contributed by atoms with Gasteiger partial charge in [-0.25, -0.2) is 4.98 Å². The van der Waals surface area contributed by atoms with Crippen molar-refractivity contribution < 1.29 is 9.53 Å². The van der Waals surface area contributed by atoms with Gasteiger partial charge in [-0.3, -0.25) is 4.79 Å². The molecule has 1 aliphatic heterocycles. The van der Waals surface area contributed by atoms with E-state index in [-0.39, 0.29) is 5.78 Å². The van der Waals surface area contributed by atoms with Crippen molar-refractivity contribution in [1.82, 2.24) is 9.97 Å². The normalized spacial score (nSPS) is 14.9. The van der Waals surface area contributed by atoms with Gasteiger partial charge in [0.05, 0.1) is 18.9 Å². The molecule has 0 spiro atoms. The fourth-order valence-corrected chi connectivity index (χ4v) is 2.40. The highest BCUT2D eigenvalue weighted by Gasteiger charge is 2.16. The first kappa shape index (κ1) is 14.5. The number of benzene rings is 1. The largest absolute Gasteiger partial charge is 0.384 e. The molecule has 0 bridgehead atoms. The van der Waals surface area contributed by atoms with Crippen LogP contribution in [-0.2, 0) is 4.74 Å². The second-order valence-corrected chi connectivity index (χ2v) is 5.21. The number of hydrogen-bond donors (Lipinski definition) is 1. The molecule has 3 rings (SSSR count). The first-order valence-corrected chi connectivity index (χ1v) is 7.22. The summed E-state index contributed by atoms with van der Waals surface area (Å²) >= 11 is 0. The maximum absolute atomic E-state index is 11.5. The Morgan fingerprint density at radius 3 is 2.73 bits per heavy atom. The zero-order valence-corrected chi connectivity index (χ0v) is 12.5. The summed E-state index contributed by atoms with van der Waals surface area (Å²) in [6, 6.07) is 9.10. The van der Waals surface area contributed by atoms with Crippen molar-refractivity contribution in [2.45, 2.75) is 6.92 Å². The van der Waals surface area contributed by atoms with Crippen molar-refractivity contribution in [1.29, 1.82) is 0 Å². The number of carbonyl (C=O) groups excluding carboxylic acids is 1. The molecular formula is C16H18N4O2. The van der Waals surface area contributed by atoms with Crippen molar-refractivity contribution in [2.75, 3.05) is 36.9 Å². The van der Waals surface area contributed by atoms with Gasteiger partial charge in [0.25, 0.3) is 0 Å². The summed E-state index contributed by atoms with van der Waals surface area (Å²) in [4.78, 5) is 22.5. The van der Waals surface area contributed by atoms with Gasteiger partial charge in [-0.15, -0.1) is 0 Å². The molecule has 22 heavy (non-hydrogen) atoms. The number of morpholine rings is 1. The minimum absolute atomic E-state index is 0.0253. The summed E-state index contributed by atoms with van der Waals surface area (Å²) in [6.45, 7) is 4.36.